The van der Waals surface area contributed by atoms with Crippen LogP contribution >= 0.6 is 0 Å². The highest BCUT2D eigenvalue weighted by atomic mass is 16.5. The summed E-state index contributed by atoms with van der Waals surface area (Å²) in [5, 5.41) is 0. The van der Waals surface area contributed by atoms with Gasteiger partial charge >= 0.3 is 0 Å². The molecule has 1 unspecified atom stereocenters. The third-order valence-electron chi connectivity index (χ3n) is 4.08. The molecule has 1 aliphatic heterocycles. The predicted octanol–water partition coefficient (Wildman–Crippen LogP) is 2.36. The number of nitrogens with zero attached hydrogens (tertiary/aromatic N) is 1. The van der Waals surface area contributed by atoms with Crippen LogP contribution in [0.3, 0.4) is 0 Å². The minimum Gasteiger partial charge on any atom is -0.494 e. The first-order valence-corrected chi connectivity index (χ1v) is 7.96. The van der Waals surface area contributed by atoms with E-state index in [-0.39, 0.29) is 11.9 Å². The van der Waals surface area contributed by atoms with Gasteiger partial charge in [0.25, 0.3) is 0 Å². The van der Waals surface area contributed by atoms with Crippen molar-refractivity contribution in [2.24, 2.45) is 5.73 Å². The lowest BCUT2D eigenvalue weighted by Gasteiger charge is -2.35. The average Bonchev–Trinajstić information content (AvgIpc) is 2.54. The van der Waals surface area contributed by atoms with Crippen LogP contribution in [0.1, 0.15) is 38.2 Å². The van der Waals surface area contributed by atoms with Crippen molar-refractivity contribution < 1.29 is 9.53 Å². The molecule has 0 radical (unpaired) electrons. The molecule has 116 valence electrons. The van der Waals surface area contributed by atoms with Crippen molar-refractivity contribution in [2.75, 3.05) is 19.7 Å². The second-order valence-corrected chi connectivity index (χ2v) is 5.55. The molecule has 0 spiro atoms. The van der Waals surface area contributed by atoms with E-state index < -0.39 is 0 Å². The summed E-state index contributed by atoms with van der Waals surface area (Å²) in [6, 6.07) is 8.25. The van der Waals surface area contributed by atoms with Crippen LogP contribution < -0.4 is 10.5 Å². The van der Waals surface area contributed by atoms with E-state index in [0.717, 1.165) is 31.6 Å². The van der Waals surface area contributed by atoms with Gasteiger partial charge in [-0.25, -0.2) is 0 Å². The highest BCUT2D eigenvalue weighted by molar-refractivity contribution is 5.77. The Hall–Kier alpha value is -1.55. The van der Waals surface area contributed by atoms with Gasteiger partial charge in [-0.3, -0.25) is 4.79 Å². The maximum Gasteiger partial charge on any atom is 0.223 e. The van der Waals surface area contributed by atoms with Gasteiger partial charge in [0.15, 0.2) is 0 Å². The quantitative estimate of drug-likeness (QED) is 0.875. The highest BCUT2D eigenvalue weighted by Crippen LogP contribution is 2.18. The standard InChI is InChI=1S/C17H26N2O2/c1-2-21-16-9-6-14(7-10-16)8-11-17(20)19-12-4-3-5-15(19)13-18/h6-7,9-10,15H,2-5,8,11-13,18H2,1H3. The van der Waals surface area contributed by atoms with Crippen LogP contribution in [0.4, 0.5) is 0 Å². The molecule has 1 saturated heterocycles. The van der Waals surface area contributed by atoms with Gasteiger partial charge in [-0.2, -0.15) is 0 Å². The minimum absolute atomic E-state index is 0.235. The number of benzene rings is 1. The summed E-state index contributed by atoms with van der Waals surface area (Å²) in [7, 11) is 0. The van der Waals surface area contributed by atoms with Gasteiger partial charge in [0.05, 0.1) is 6.61 Å². The number of rotatable bonds is 6. The lowest BCUT2D eigenvalue weighted by molar-refractivity contribution is -0.134. The molecule has 1 atom stereocenters. The molecule has 4 nitrogen and oxygen atoms in total. The number of hydrogen-bond acceptors (Lipinski definition) is 3. The smallest absolute Gasteiger partial charge is 0.223 e. The molecule has 21 heavy (non-hydrogen) atoms. The minimum atomic E-state index is 0.235. The molecule has 0 bridgehead atoms. The lowest BCUT2D eigenvalue weighted by Crippen LogP contribution is -2.47. The largest absolute Gasteiger partial charge is 0.494 e. The van der Waals surface area contributed by atoms with Crippen LogP contribution in [0.2, 0.25) is 0 Å². The summed E-state index contributed by atoms with van der Waals surface area (Å²) in [6.07, 6.45) is 4.67. The normalized spacial score (nSPS) is 18.6. The van der Waals surface area contributed by atoms with Crippen LogP contribution in [0.5, 0.6) is 5.75 Å². The van der Waals surface area contributed by atoms with E-state index in [0.29, 0.717) is 19.6 Å². The number of carbonyl (C=O) groups is 1. The summed E-state index contributed by atoms with van der Waals surface area (Å²) in [5.74, 6) is 1.12. The molecule has 0 aromatic heterocycles. The van der Waals surface area contributed by atoms with Gasteiger partial charge in [0, 0.05) is 25.6 Å². The Kier molecular flexibility index (Phi) is 6.05. The molecule has 1 fully saturated rings. The van der Waals surface area contributed by atoms with Crippen molar-refractivity contribution in [3.63, 3.8) is 0 Å². The fourth-order valence-corrected chi connectivity index (χ4v) is 2.89. The molecule has 1 amide bonds. The Morgan fingerprint density at radius 3 is 2.76 bits per heavy atom. The molecule has 2 N–H and O–H groups in total. The van der Waals surface area contributed by atoms with Crippen molar-refractivity contribution in [3.8, 4) is 5.75 Å². The fraction of sp³-hybridized carbons (Fsp3) is 0.588. The van der Waals surface area contributed by atoms with E-state index in [9.17, 15) is 4.79 Å². The Labute approximate surface area is 127 Å². The number of nitrogens with two attached hydrogens (primary N) is 1. The molecule has 1 heterocycles. The number of aryl methyl sites for hydroxylation is 1. The summed E-state index contributed by atoms with van der Waals surface area (Å²) >= 11 is 0. The highest BCUT2D eigenvalue weighted by Gasteiger charge is 2.24. The van der Waals surface area contributed by atoms with Crippen molar-refractivity contribution >= 4 is 5.91 Å². The summed E-state index contributed by atoms with van der Waals surface area (Å²) in [6.45, 7) is 4.09. The van der Waals surface area contributed by atoms with Gasteiger partial charge < -0.3 is 15.4 Å². The van der Waals surface area contributed by atoms with Crippen LogP contribution in [-0.4, -0.2) is 36.5 Å². The Morgan fingerprint density at radius 2 is 2.10 bits per heavy atom. The Balaban J connectivity index is 1.85. The molecule has 1 aromatic carbocycles. The first kappa shape index (κ1) is 15.8. The van der Waals surface area contributed by atoms with Gasteiger partial charge in [-0.05, 0) is 50.3 Å². The fourth-order valence-electron chi connectivity index (χ4n) is 2.89. The molecular weight excluding hydrogens is 264 g/mol. The maximum atomic E-state index is 12.4. The van der Waals surface area contributed by atoms with E-state index >= 15 is 0 Å². The van der Waals surface area contributed by atoms with Gasteiger partial charge in [0.2, 0.25) is 5.91 Å². The predicted molar refractivity (Wildman–Crippen MR) is 84.3 cm³/mol. The number of amides is 1. The van der Waals surface area contributed by atoms with Crippen molar-refractivity contribution in [1.29, 1.82) is 0 Å². The third kappa shape index (κ3) is 4.46. The summed E-state index contributed by atoms with van der Waals surface area (Å²) < 4.78 is 5.42. The van der Waals surface area contributed by atoms with Gasteiger partial charge in [0.1, 0.15) is 5.75 Å². The van der Waals surface area contributed by atoms with Gasteiger partial charge in [-0.15, -0.1) is 0 Å². The topological polar surface area (TPSA) is 55.6 Å². The van der Waals surface area contributed by atoms with E-state index in [2.05, 4.69) is 0 Å². The Bertz CT molecular complexity index is 445. The third-order valence-corrected chi connectivity index (χ3v) is 4.08. The van der Waals surface area contributed by atoms with E-state index in [4.69, 9.17) is 10.5 Å². The second-order valence-electron chi connectivity index (χ2n) is 5.55. The average molecular weight is 290 g/mol. The summed E-state index contributed by atoms with van der Waals surface area (Å²) in [5.41, 5.74) is 6.95. The van der Waals surface area contributed by atoms with E-state index in [1.54, 1.807) is 0 Å². The molecule has 1 aliphatic rings. The van der Waals surface area contributed by atoms with Crippen molar-refractivity contribution in [3.05, 3.63) is 29.8 Å². The Morgan fingerprint density at radius 1 is 1.33 bits per heavy atom. The molecule has 0 aliphatic carbocycles. The summed E-state index contributed by atoms with van der Waals surface area (Å²) in [4.78, 5) is 14.3. The molecule has 0 saturated carbocycles. The first-order chi connectivity index (χ1) is 10.2. The number of piperidine rings is 1. The molecular formula is C17H26N2O2. The number of hydrogen-bond donors (Lipinski definition) is 1. The van der Waals surface area contributed by atoms with Crippen LogP contribution in [0.15, 0.2) is 24.3 Å². The zero-order valence-corrected chi connectivity index (χ0v) is 12.9. The van der Waals surface area contributed by atoms with Gasteiger partial charge in [-0.1, -0.05) is 12.1 Å². The number of ether oxygens (including phenoxy) is 1. The first-order valence-electron chi connectivity index (χ1n) is 7.96. The molecule has 1 aromatic rings. The van der Waals surface area contributed by atoms with Crippen LogP contribution in [0.25, 0.3) is 0 Å². The lowest BCUT2D eigenvalue weighted by atomic mass is 10.0. The number of likely N-dealkylation sites (tertiary alicyclic amines) is 1. The SMILES string of the molecule is CCOc1ccc(CCC(=O)N2CCCCC2CN)cc1. The number of carbonyl (C=O) groups excluding carboxylic acids is 1. The molecule has 4 heteroatoms. The monoisotopic (exact) mass is 290 g/mol. The van der Waals surface area contributed by atoms with E-state index in [1.807, 2.05) is 36.1 Å². The second kappa shape index (κ2) is 8.03. The van der Waals surface area contributed by atoms with Crippen molar-refractivity contribution in [2.45, 2.75) is 45.1 Å². The maximum absolute atomic E-state index is 12.4. The van der Waals surface area contributed by atoms with E-state index in [1.165, 1.54) is 12.0 Å². The molecule has 2 rings (SSSR count). The van der Waals surface area contributed by atoms with Crippen LogP contribution in [-0.2, 0) is 11.2 Å². The van der Waals surface area contributed by atoms with Crippen LogP contribution in [0, 0.1) is 0 Å². The zero-order chi connectivity index (χ0) is 15.1. The zero-order valence-electron chi connectivity index (χ0n) is 12.9. The van der Waals surface area contributed by atoms with Crippen molar-refractivity contribution in [1.82, 2.24) is 4.90 Å².